The topological polar surface area (TPSA) is 29.5 Å². The fourth-order valence-corrected chi connectivity index (χ4v) is 3.35. The van der Waals surface area contributed by atoms with Crippen LogP contribution in [0.25, 0.3) is 0 Å². The minimum absolute atomic E-state index is 0.128. The summed E-state index contributed by atoms with van der Waals surface area (Å²) in [6.07, 6.45) is 5.57. The van der Waals surface area contributed by atoms with Crippen molar-refractivity contribution in [3.63, 3.8) is 0 Å². The minimum atomic E-state index is -0.306. The summed E-state index contributed by atoms with van der Waals surface area (Å²) in [7, 11) is 0. The summed E-state index contributed by atoms with van der Waals surface area (Å²) in [4.78, 5) is 14.7. The van der Waals surface area contributed by atoms with Crippen LogP contribution in [0.4, 0.5) is 0 Å². The van der Waals surface area contributed by atoms with Crippen LogP contribution in [-0.4, -0.2) is 29.7 Å². The highest BCUT2D eigenvalue weighted by Gasteiger charge is 2.45. The van der Waals surface area contributed by atoms with E-state index in [9.17, 15) is 4.79 Å². The molecule has 0 radical (unpaired) electrons. The van der Waals surface area contributed by atoms with Gasteiger partial charge in [-0.1, -0.05) is 24.1 Å². The van der Waals surface area contributed by atoms with Crippen LogP contribution in [0, 0.1) is 6.92 Å². The third kappa shape index (κ3) is 2.27. The van der Waals surface area contributed by atoms with Crippen LogP contribution in [0.3, 0.4) is 0 Å². The third-order valence-electron chi connectivity index (χ3n) is 4.32. The maximum absolute atomic E-state index is 12.7. The zero-order valence-corrected chi connectivity index (χ0v) is 11.5. The predicted octanol–water partition coefficient (Wildman–Crippen LogP) is 3.13. The molecule has 0 atom stereocenters. The number of hydrogen-bond donors (Lipinski definition) is 0. The van der Waals surface area contributed by atoms with Crippen LogP contribution >= 0.6 is 0 Å². The number of benzene rings is 1. The van der Waals surface area contributed by atoms with Gasteiger partial charge >= 0.3 is 0 Å². The van der Waals surface area contributed by atoms with Gasteiger partial charge < -0.3 is 9.64 Å². The predicted molar refractivity (Wildman–Crippen MR) is 74.0 cm³/mol. The first-order chi connectivity index (χ1) is 9.21. The van der Waals surface area contributed by atoms with Gasteiger partial charge in [0.25, 0.3) is 5.91 Å². The molecule has 1 aliphatic carbocycles. The molecule has 3 heteroatoms. The molecule has 1 aromatic carbocycles. The molecule has 3 nitrogen and oxygen atoms in total. The zero-order chi connectivity index (χ0) is 13.3. The fraction of sp³-hybridized carbons (Fsp3) is 0.562. The van der Waals surface area contributed by atoms with Crippen molar-refractivity contribution >= 4 is 5.91 Å². The normalized spacial score (nSPS) is 21.8. The molecule has 2 fully saturated rings. The summed E-state index contributed by atoms with van der Waals surface area (Å²) >= 11 is 0. The first-order valence-corrected chi connectivity index (χ1v) is 7.24. The van der Waals surface area contributed by atoms with Gasteiger partial charge in [0.2, 0.25) is 0 Å². The molecule has 2 aliphatic rings. The van der Waals surface area contributed by atoms with E-state index in [0.29, 0.717) is 6.61 Å². The highest BCUT2D eigenvalue weighted by molar-refractivity contribution is 5.95. The molecule has 102 valence electrons. The van der Waals surface area contributed by atoms with Gasteiger partial charge in [0.1, 0.15) is 5.72 Å². The summed E-state index contributed by atoms with van der Waals surface area (Å²) < 4.78 is 5.97. The molecule has 1 spiro atoms. The van der Waals surface area contributed by atoms with E-state index in [2.05, 4.69) is 0 Å². The first kappa shape index (κ1) is 12.7. The van der Waals surface area contributed by atoms with Crippen molar-refractivity contribution in [3.8, 4) is 0 Å². The largest absolute Gasteiger partial charge is 0.354 e. The van der Waals surface area contributed by atoms with Gasteiger partial charge in [-0.3, -0.25) is 4.79 Å². The van der Waals surface area contributed by atoms with Crippen LogP contribution in [0.15, 0.2) is 24.3 Å². The molecule has 1 saturated heterocycles. The summed E-state index contributed by atoms with van der Waals surface area (Å²) in [5.74, 6) is 0.128. The highest BCUT2D eigenvalue weighted by Crippen LogP contribution is 2.38. The van der Waals surface area contributed by atoms with E-state index in [-0.39, 0.29) is 11.6 Å². The van der Waals surface area contributed by atoms with Gasteiger partial charge in [-0.15, -0.1) is 0 Å². The minimum Gasteiger partial charge on any atom is -0.354 e. The molecular weight excluding hydrogens is 238 g/mol. The SMILES string of the molecule is Cc1cccc(C(=O)N2CCOC23CCCCC3)c1. The quantitative estimate of drug-likeness (QED) is 0.775. The lowest BCUT2D eigenvalue weighted by atomic mass is 9.90. The lowest BCUT2D eigenvalue weighted by molar-refractivity contribution is -0.0919. The van der Waals surface area contributed by atoms with Crippen LogP contribution in [0.1, 0.15) is 48.0 Å². The maximum Gasteiger partial charge on any atom is 0.256 e. The van der Waals surface area contributed by atoms with Gasteiger partial charge in [0.15, 0.2) is 0 Å². The Bertz CT molecular complexity index is 477. The molecule has 0 N–H and O–H groups in total. The van der Waals surface area contributed by atoms with Crippen molar-refractivity contribution < 1.29 is 9.53 Å². The smallest absolute Gasteiger partial charge is 0.256 e. The molecule has 1 saturated carbocycles. The summed E-state index contributed by atoms with van der Waals surface area (Å²) in [6, 6.07) is 7.85. The van der Waals surface area contributed by atoms with Crippen LogP contribution in [-0.2, 0) is 4.74 Å². The second-order valence-electron chi connectivity index (χ2n) is 5.68. The second-order valence-corrected chi connectivity index (χ2v) is 5.68. The van der Waals surface area contributed by atoms with E-state index < -0.39 is 0 Å². The average Bonchev–Trinajstić information content (AvgIpc) is 2.82. The van der Waals surface area contributed by atoms with Gasteiger partial charge in [-0.2, -0.15) is 0 Å². The van der Waals surface area contributed by atoms with Crippen molar-refractivity contribution in [2.24, 2.45) is 0 Å². The Kier molecular flexibility index (Phi) is 3.31. The number of aryl methyl sites for hydroxylation is 1. The Morgan fingerprint density at radius 1 is 1.26 bits per heavy atom. The van der Waals surface area contributed by atoms with E-state index in [4.69, 9.17) is 4.74 Å². The van der Waals surface area contributed by atoms with Crippen LogP contribution in [0.2, 0.25) is 0 Å². The summed E-state index contributed by atoms with van der Waals surface area (Å²) in [5.41, 5.74) is 1.61. The first-order valence-electron chi connectivity index (χ1n) is 7.24. The lowest BCUT2D eigenvalue weighted by Gasteiger charge is -2.40. The fourth-order valence-electron chi connectivity index (χ4n) is 3.35. The van der Waals surface area contributed by atoms with E-state index in [1.807, 2.05) is 36.1 Å². The van der Waals surface area contributed by atoms with Crippen LogP contribution in [0.5, 0.6) is 0 Å². The Morgan fingerprint density at radius 2 is 2.05 bits per heavy atom. The average molecular weight is 259 g/mol. The highest BCUT2D eigenvalue weighted by atomic mass is 16.5. The molecular formula is C16H21NO2. The molecule has 1 amide bonds. The number of ether oxygens (including phenoxy) is 1. The van der Waals surface area contributed by atoms with E-state index >= 15 is 0 Å². The second kappa shape index (κ2) is 4.97. The number of carbonyl (C=O) groups is 1. The van der Waals surface area contributed by atoms with E-state index in [1.165, 1.54) is 6.42 Å². The number of rotatable bonds is 1. The molecule has 0 unspecified atom stereocenters. The number of hydrogen-bond acceptors (Lipinski definition) is 2. The van der Waals surface area contributed by atoms with Crippen molar-refractivity contribution in [2.45, 2.75) is 44.8 Å². The maximum atomic E-state index is 12.7. The van der Waals surface area contributed by atoms with E-state index in [1.54, 1.807) is 0 Å². The van der Waals surface area contributed by atoms with Gasteiger partial charge in [0, 0.05) is 12.1 Å². The standard InChI is InChI=1S/C16H21NO2/c1-13-6-5-7-14(12-13)15(18)17-10-11-19-16(17)8-3-2-4-9-16/h5-7,12H,2-4,8-11H2,1H3. The number of amides is 1. The van der Waals surface area contributed by atoms with Crippen LogP contribution < -0.4 is 0 Å². The van der Waals surface area contributed by atoms with E-state index in [0.717, 1.165) is 43.4 Å². The zero-order valence-electron chi connectivity index (χ0n) is 11.5. The molecule has 1 heterocycles. The Balaban J connectivity index is 1.86. The summed E-state index contributed by atoms with van der Waals surface area (Å²) in [5, 5.41) is 0. The lowest BCUT2D eigenvalue weighted by Crippen LogP contribution is -2.49. The number of carbonyl (C=O) groups excluding carboxylic acids is 1. The van der Waals surface area contributed by atoms with Gasteiger partial charge in [-0.25, -0.2) is 0 Å². The van der Waals surface area contributed by atoms with Crippen molar-refractivity contribution in [2.75, 3.05) is 13.2 Å². The molecule has 3 rings (SSSR count). The van der Waals surface area contributed by atoms with Gasteiger partial charge in [0.05, 0.1) is 6.61 Å². The molecule has 19 heavy (non-hydrogen) atoms. The Hall–Kier alpha value is -1.35. The molecule has 0 aromatic heterocycles. The molecule has 1 aromatic rings. The van der Waals surface area contributed by atoms with Gasteiger partial charge in [-0.05, 0) is 44.7 Å². The molecule has 1 aliphatic heterocycles. The Morgan fingerprint density at radius 3 is 2.79 bits per heavy atom. The van der Waals surface area contributed by atoms with Crippen molar-refractivity contribution in [1.29, 1.82) is 0 Å². The Labute approximate surface area is 114 Å². The van der Waals surface area contributed by atoms with Crippen molar-refractivity contribution in [3.05, 3.63) is 35.4 Å². The summed E-state index contributed by atoms with van der Waals surface area (Å²) in [6.45, 7) is 3.43. The number of nitrogens with zero attached hydrogens (tertiary/aromatic N) is 1. The molecule has 0 bridgehead atoms. The monoisotopic (exact) mass is 259 g/mol. The third-order valence-corrected chi connectivity index (χ3v) is 4.32. The van der Waals surface area contributed by atoms with Crippen molar-refractivity contribution in [1.82, 2.24) is 4.90 Å².